The number of nitrogens with zero attached hydrogens (tertiary/aromatic N) is 3. The lowest BCUT2D eigenvalue weighted by Crippen LogP contribution is -2.59. The Morgan fingerprint density at radius 3 is 2.54 bits per heavy atom. The van der Waals surface area contributed by atoms with Crippen LogP contribution in [0.3, 0.4) is 0 Å². The molecular formula is C22H21N3O3. The van der Waals surface area contributed by atoms with Crippen LogP contribution in [-0.4, -0.2) is 41.0 Å². The van der Waals surface area contributed by atoms with Crippen LogP contribution >= 0.6 is 0 Å². The topological polar surface area (TPSA) is 66.7 Å². The Morgan fingerprint density at radius 2 is 1.86 bits per heavy atom. The molecule has 142 valence electrons. The van der Waals surface area contributed by atoms with Crippen molar-refractivity contribution in [3.63, 3.8) is 0 Å². The van der Waals surface area contributed by atoms with Crippen LogP contribution in [0.1, 0.15) is 21.6 Å². The molecule has 0 aliphatic carbocycles. The summed E-state index contributed by atoms with van der Waals surface area (Å²) in [6.45, 7) is 2.45. The first-order valence-corrected chi connectivity index (χ1v) is 9.24. The summed E-state index contributed by atoms with van der Waals surface area (Å²) in [5.74, 6) is -0.392. The summed E-state index contributed by atoms with van der Waals surface area (Å²) in [5, 5.41) is 3.75. The number of piperazine rings is 1. The van der Waals surface area contributed by atoms with Gasteiger partial charge >= 0.3 is 0 Å². The van der Waals surface area contributed by atoms with E-state index in [1.165, 1.54) is 12.3 Å². The van der Waals surface area contributed by atoms with Crippen molar-refractivity contribution in [3.05, 3.63) is 83.7 Å². The Bertz CT molecular complexity index is 952. The molecule has 2 amide bonds. The number of benzene rings is 2. The van der Waals surface area contributed by atoms with Crippen LogP contribution in [-0.2, 0) is 11.2 Å². The SMILES string of the molecule is Cc1ccc(N2CC(Cc3ccccc3)N(C(=O)c3ccon3)CC2=O)cc1. The van der Waals surface area contributed by atoms with Crippen molar-refractivity contribution < 1.29 is 14.1 Å². The first-order chi connectivity index (χ1) is 13.6. The first kappa shape index (κ1) is 18.0. The highest BCUT2D eigenvalue weighted by Crippen LogP contribution is 2.24. The van der Waals surface area contributed by atoms with E-state index in [9.17, 15) is 9.59 Å². The Balaban J connectivity index is 1.63. The van der Waals surface area contributed by atoms with Crippen molar-refractivity contribution in [2.45, 2.75) is 19.4 Å². The molecule has 0 radical (unpaired) electrons. The van der Waals surface area contributed by atoms with Crippen molar-refractivity contribution in [1.29, 1.82) is 0 Å². The predicted molar refractivity (Wildman–Crippen MR) is 105 cm³/mol. The highest BCUT2D eigenvalue weighted by atomic mass is 16.5. The van der Waals surface area contributed by atoms with Gasteiger partial charge in [0.1, 0.15) is 12.8 Å². The molecule has 1 fully saturated rings. The molecule has 6 nitrogen and oxygen atoms in total. The summed E-state index contributed by atoms with van der Waals surface area (Å²) in [6.07, 6.45) is 2.02. The lowest BCUT2D eigenvalue weighted by Gasteiger charge is -2.41. The zero-order chi connectivity index (χ0) is 19.5. The monoisotopic (exact) mass is 375 g/mol. The number of carbonyl (C=O) groups excluding carboxylic acids is 2. The highest BCUT2D eigenvalue weighted by Gasteiger charge is 2.36. The smallest absolute Gasteiger partial charge is 0.276 e. The summed E-state index contributed by atoms with van der Waals surface area (Å²) in [5.41, 5.74) is 3.32. The number of rotatable bonds is 4. The number of carbonyl (C=O) groups is 2. The molecule has 0 spiro atoms. The van der Waals surface area contributed by atoms with Gasteiger partial charge in [-0.05, 0) is 31.0 Å². The van der Waals surface area contributed by atoms with Crippen LogP contribution in [0.15, 0.2) is 71.4 Å². The van der Waals surface area contributed by atoms with E-state index in [0.717, 1.165) is 16.8 Å². The fourth-order valence-electron chi connectivity index (χ4n) is 3.51. The van der Waals surface area contributed by atoms with E-state index in [4.69, 9.17) is 4.52 Å². The van der Waals surface area contributed by atoms with Gasteiger partial charge in [-0.3, -0.25) is 9.59 Å². The van der Waals surface area contributed by atoms with Gasteiger partial charge in [-0.1, -0.05) is 53.2 Å². The van der Waals surface area contributed by atoms with Gasteiger partial charge in [0.15, 0.2) is 5.69 Å². The van der Waals surface area contributed by atoms with Gasteiger partial charge in [-0.2, -0.15) is 0 Å². The molecule has 1 saturated heterocycles. The molecule has 28 heavy (non-hydrogen) atoms. The third-order valence-corrected chi connectivity index (χ3v) is 5.02. The molecule has 0 bridgehead atoms. The Kier molecular flexibility index (Phi) is 4.93. The van der Waals surface area contributed by atoms with E-state index in [0.29, 0.717) is 13.0 Å². The zero-order valence-corrected chi connectivity index (χ0v) is 15.6. The van der Waals surface area contributed by atoms with Crippen LogP contribution < -0.4 is 4.90 Å². The van der Waals surface area contributed by atoms with Crippen molar-refractivity contribution >= 4 is 17.5 Å². The van der Waals surface area contributed by atoms with Crippen LogP contribution in [0, 0.1) is 6.92 Å². The molecular weight excluding hydrogens is 354 g/mol. The van der Waals surface area contributed by atoms with Crippen molar-refractivity contribution in [2.75, 3.05) is 18.0 Å². The van der Waals surface area contributed by atoms with Gasteiger partial charge in [0, 0.05) is 18.3 Å². The molecule has 1 aromatic heterocycles. The molecule has 6 heteroatoms. The van der Waals surface area contributed by atoms with Gasteiger partial charge in [-0.15, -0.1) is 0 Å². The molecule has 4 rings (SSSR count). The summed E-state index contributed by atoms with van der Waals surface area (Å²) in [7, 11) is 0. The van der Waals surface area contributed by atoms with Gasteiger partial charge in [0.25, 0.3) is 5.91 Å². The Morgan fingerprint density at radius 1 is 1.11 bits per heavy atom. The highest BCUT2D eigenvalue weighted by molar-refractivity contribution is 6.01. The van der Waals surface area contributed by atoms with Crippen molar-refractivity contribution in [3.8, 4) is 0 Å². The molecule has 0 saturated carbocycles. The van der Waals surface area contributed by atoms with E-state index >= 15 is 0 Å². The zero-order valence-electron chi connectivity index (χ0n) is 15.6. The number of hydrogen-bond acceptors (Lipinski definition) is 4. The van der Waals surface area contributed by atoms with E-state index < -0.39 is 0 Å². The number of aromatic nitrogens is 1. The van der Waals surface area contributed by atoms with Gasteiger partial charge in [0.2, 0.25) is 5.91 Å². The second-order valence-electron chi connectivity index (χ2n) is 7.00. The number of amides is 2. The fourth-order valence-corrected chi connectivity index (χ4v) is 3.51. The second kappa shape index (κ2) is 7.68. The number of hydrogen-bond donors (Lipinski definition) is 0. The van der Waals surface area contributed by atoms with E-state index in [1.807, 2.05) is 61.5 Å². The first-order valence-electron chi connectivity index (χ1n) is 9.24. The van der Waals surface area contributed by atoms with Crippen LogP contribution in [0.5, 0.6) is 0 Å². The van der Waals surface area contributed by atoms with Crippen LogP contribution in [0.4, 0.5) is 5.69 Å². The van der Waals surface area contributed by atoms with E-state index in [2.05, 4.69) is 5.16 Å². The minimum Gasteiger partial charge on any atom is -0.364 e. The summed E-state index contributed by atoms with van der Waals surface area (Å²) in [6, 6.07) is 19.2. The third-order valence-electron chi connectivity index (χ3n) is 5.02. The van der Waals surface area contributed by atoms with Crippen LogP contribution in [0.2, 0.25) is 0 Å². The molecule has 2 heterocycles. The van der Waals surface area contributed by atoms with Crippen molar-refractivity contribution in [1.82, 2.24) is 10.1 Å². The Hall–Kier alpha value is -3.41. The van der Waals surface area contributed by atoms with Crippen LogP contribution in [0.25, 0.3) is 0 Å². The summed E-state index contributed by atoms with van der Waals surface area (Å²) in [4.78, 5) is 29.2. The maximum absolute atomic E-state index is 12.9. The quantitative estimate of drug-likeness (QED) is 0.703. The van der Waals surface area contributed by atoms with E-state index in [1.54, 1.807) is 9.80 Å². The lowest BCUT2D eigenvalue weighted by molar-refractivity contribution is -0.121. The number of anilines is 1. The fraction of sp³-hybridized carbons (Fsp3) is 0.227. The Labute approximate surface area is 163 Å². The summed E-state index contributed by atoms with van der Waals surface area (Å²) >= 11 is 0. The minimum atomic E-state index is -0.286. The van der Waals surface area contributed by atoms with Crippen molar-refractivity contribution in [2.24, 2.45) is 0 Å². The minimum absolute atomic E-state index is 0.0110. The molecule has 1 aliphatic heterocycles. The molecule has 1 atom stereocenters. The standard InChI is InChI=1S/C22H21N3O3/c1-16-7-9-18(10-8-16)24-14-19(13-17-5-3-2-4-6-17)25(15-21(24)26)22(27)20-11-12-28-23-20/h2-12,19H,13-15H2,1H3. The van der Waals surface area contributed by atoms with Gasteiger partial charge in [0.05, 0.1) is 6.04 Å². The molecule has 2 aromatic carbocycles. The average molecular weight is 375 g/mol. The van der Waals surface area contributed by atoms with E-state index in [-0.39, 0.29) is 30.1 Å². The molecule has 0 N–H and O–H groups in total. The maximum atomic E-state index is 12.9. The van der Waals surface area contributed by atoms with Gasteiger partial charge < -0.3 is 14.3 Å². The number of aryl methyl sites for hydroxylation is 1. The predicted octanol–water partition coefficient (Wildman–Crippen LogP) is 3.08. The molecule has 1 unspecified atom stereocenters. The lowest BCUT2D eigenvalue weighted by atomic mass is 10.0. The third kappa shape index (κ3) is 3.67. The molecule has 1 aliphatic rings. The van der Waals surface area contributed by atoms with Gasteiger partial charge in [-0.25, -0.2) is 0 Å². The second-order valence-corrected chi connectivity index (χ2v) is 7.00. The largest absolute Gasteiger partial charge is 0.364 e. The summed E-state index contributed by atoms with van der Waals surface area (Å²) < 4.78 is 4.82. The maximum Gasteiger partial charge on any atom is 0.276 e. The normalized spacial score (nSPS) is 17.0. The average Bonchev–Trinajstić information content (AvgIpc) is 3.25. The molecule has 3 aromatic rings.